The third kappa shape index (κ3) is 6.26. The number of aliphatic imine (C=N–C) groups is 1. The third-order valence-corrected chi connectivity index (χ3v) is 7.18. The van der Waals surface area contributed by atoms with Gasteiger partial charge in [-0.15, -0.1) is 0 Å². The van der Waals surface area contributed by atoms with Crippen molar-refractivity contribution in [2.45, 2.75) is 38.4 Å². The molecule has 214 valence electrons. The number of para-hydroxylation sites is 1. The summed E-state index contributed by atoms with van der Waals surface area (Å²) < 4.78 is 5.14. The Hall–Kier alpha value is -5.16. The Labute approximate surface area is 241 Å². The average molecular weight is 568 g/mol. The highest BCUT2D eigenvalue weighted by molar-refractivity contribution is 6.18. The van der Waals surface area contributed by atoms with Crippen LogP contribution in [0.3, 0.4) is 0 Å². The van der Waals surface area contributed by atoms with E-state index in [0.29, 0.717) is 41.1 Å². The first-order valence-corrected chi connectivity index (χ1v) is 13.5. The van der Waals surface area contributed by atoms with Crippen molar-refractivity contribution >= 4 is 29.0 Å². The molecule has 0 aliphatic carbocycles. The number of hydrogen-bond acceptors (Lipinski definition) is 8. The highest BCUT2D eigenvalue weighted by atomic mass is 16.6. The molecule has 3 aromatic carbocycles. The molecule has 5 rings (SSSR count). The van der Waals surface area contributed by atoms with Gasteiger partial charge >= 0.3 is 5.97 Å². The number of carboxylic acid groups (broad SMARTS) is 1. The van der Waals surface area contributed by atoms with Crippen LogP contribution in [0.1, 0.15) is 46.9 Å². The molecule has 4 aromatic rings. The van der Waals surface area contributed by atoms with Crippen molar-refractivity contribution in [2.75, 3.05) is 11.9 Å². The summed E-state index contributed by atoms with van der Waals surface area (Å²) in [6.45, 7) is 2.79. The zero-order valence-electron chi connectivity index (χ0n) is 22.8. The van der Waals surface area contributed by atoms with Crippen LogP contribution in [0.25, 0.3) is 0 Å². The lowest BCUT2D eigenvalue weighted by Crippen LogP contribution is -2.39. The van der Waals surface area contributed by atoms with E-state index < -0.39 is 23.0 Å². The molecule has 1 saturated heterocycles. The van der Waals surface area contributed by atoms with Crippen LogP contribution in [0, 0.1) is 17.0 Å². The molecule has 0 spiro atoms. The topological polar surface area (TPSA) is 151 Å². The van der Waals surface area contributed by atoms with E-state index in [1.807, 2.05) is 54.3 Å². The fourth-order valence-corrected chi connectivity index (χ4v) is 5.16. The van der Waals surface area contributed by atoms with Crippen molar-refractivity contribution in [1.29, 1.82) is 0 Å². The molecular formula is C31H29N5O6. The first-order chi connectivity index (χ1) is 20.3. The fraction of sp³-hybridized carbons (Fsp3) is 0.226. The van der Waals surface area contributed by atoms with Gasteiger partial charge in [-0.3, -0.25) is 24.8 Å². The highest BCUT2D eigenvalue weighted by Gasteiger charge is 2.33. The van der Waals surface area contributed by atoms with Crippen molar-refractivity contribution < 1.29 is 24.1 Å². The van der Waals surface area contributed by atoms with Gasteiger partial charge in [0.2, 0.25) is 11.9 Å². The smallest absolute Gasteiger partial charge is 0.336 e. The number of benzene rings is 3. The summed E-state index contributed by atoms with van der Waals surface area (Å²) in [6, 6.07) is 20.7. The van der Waals surface area contributed by atoms with Crippen LogP contribution in [0.15, 0.2) is 94.6 Å². The summed E-state index contributed by atoms with van der Waals surface area (Å²) in [6.07, 6.45) is 2.73. The number of nitrogens with zero attached hydrogens (tertiary/aromatic N) is 4. The largest absolute Gasteiger partial charge is 0.479 e. The highest BCUT2D eigenvalue weighted by Crippen LogP contribution is 2.29. The summed E-state index contributed by atoms with van der Waals surface area (Å²) in [5.41, 5.74) is 3.48. The maximum absolute atomic E-state index is 13.7. The summed E-state index contributed by atoms with van der Waals surface area (Å²) in [5, 5.41) is 28.2. The Kier molecular flexibility index (Phi) is 8.49. The number of amides is 1. The van der Waals surface area contributed by atoms with Crippen LogP contribution in [0.4, 0.5) is 11.4 Å². The van der Waals surface area contributed by atoms with Gasteiger partial charge in [-0.25, -0.2) is 4.79 Å². The second-order valence-electron chi connectivity index (χ2n) is 10.1. The summed E-state index contributed by atoms with van der Waals surface area (Å²) in [4.78, 5) is 43.6. The lowest BCUT2D eigenvalue weighted by molar-refractivity contribution is -0.385. The van der Waals surface area contributed by atoms with Gasteiger partial charge in [0.1, 0.15) is 0 Å². The second kappa shape index (κ2) is 12.6. The van der Waals surface area contributed by atoms with Crippen LogP contribution in [-0.4, -0.2) is 50.3 Å². The first kappa shape index (κ1) is 28.4. The normalized spacial score (nSPS) is 16.2. The van der Waals surface area contributed by atoms with Gasteiger partial charge in [-0.05, 0) is 38.4 Å². The fourth-order valence-electron chi connectivity index (χ4n) is 5.16. The van der Waals surface area contributed by atoms with Gasteiger partial charge in [0.25, 0.3) is 5.69 Å². The number of likely N-dealkylation sites (tertiary alicyclic amines) is 1. The third-order valence-electron chi connectivity index (χ3n) is 7.18. The zero-order chi connectivity index (χ0) is 29.6. The van der Waals surface area contributed by atoms with Crippen LogP contribution in [0.5, 0.6) is 0 Å². The Bertz CT molecular complexity index is 1620. The van der Waals surface area contributed by atoms with Crippen molar-refractivity contribution in [2.24, 2.45) is 4.99 Å². The molecule has 1 fully saturated rings. The molecule has 1 unspecified atom stereocenters. The molecule has 11 heteroatoms. The van der Waals surface area contributed by atoms with Crippen LogP contribution in [0.2, 0.25) is 0 Å². The van der Waals surface area contributed by atoms with Crippen molar-refractivity contribution in [3.63, 3.8) is 0 Å². The summed E-state index contributed by atoms with van der Waals surface area (Å²) >= 11 is 0. The van der Waals surface area contributed by atoms with Crippen molar-refractivity contribution in [1.82, 2.24) is 10.1 Å². The van der Waals surface area contributed by atoms with E-state index in [9.17, 15) is 24.8 Å². The van der Waals surface area contributed by atoms with E-state index in [2.05, 4.69) is 15.5 Å². The quantitative estimate of drug-likeness (QED) is 0.152. The predicted molar refractivity (Wildman–Crippen MR) is 155 cm³/mol. The zero-order valence-corrected chi connectivity index (χ0v) is 22.8. The van der Waals surface area contributed by atoms with E-state index >= 15 is 0 Å². The minimum absolute atomic E-state index is 0.0211. The minimum Gasteiger partial charge on any atom is -0.479 e. The lowest BCUT2D eigenvalue weighted by Gasteiger charge is -2.24. The monoisotopic (exact) mass is 567 g/mol. The van der Waals surface area contributed by atoms with Crippen molar-refractivity contribution in [3.05, 3.63) is 123 Å². The summed E-state index contributed by atoms with van der Waals surface area (Å²) in [7, 11) is 0. The Morgan fingerprint density at radius 2 is 1.90 bits per heavy atom. The first-order valence-electron chi connectivity index (χ1n) is 13.5. The molecule has 1 aliphatic rings. The Balaban J connectivity index is 1.49. The molecule has 0 bridgehead atoms. The average Bonchev–Trinajstić information content (AvgIpc) is 3.68. The minimum atomic E-state index is -1.36. The van der Waals surface area contributed by atoms with Crippen molar-refractivity contribution in [3.8, 4) is 0 Å². The van der Waals surface area contributed by atoms with Gasteiger partial charge in [0.05, 0.1) is 28.6 Å². The molecule has 42 heavy (non-hydrogen) atoms. The molecule has 0 radical (unpaired) electrons. The number of nitro groups is 1. The molecule has 1 amide bonds. The van der Waals surface area contributed by atoms with Crippen LogP contribution in [-0.2, 0) is 16.1 Å². The number of aromatic nitrogens is 1. The molecule has 0 saturated carbocycles. The van der Waals surface area contributed by atoms with Gasteiger partial charge < -0.3 is 14.9 Å². The van der Waals surface area contributed by atoms with Gasteiger partial charge in [0, 0.05) is 35.4 Å². The van der Waals surface area contributed by atoms with E-state index in [4.69, 9.17) is 4.52 Å². The number of carbonyl (C=O) groups is 2. The second-order valence-corrected chi connectivity index (χ2v) is 10.1. The Morgan fingerprint density at radius 3 is 2.62 bits per heavy atom. The Morgan fingerprint density at radius 1 is 1.14 bits per heavy atom. The maximum atomic E-state index is 13.7. The van der Waals surface area contributed by atoms with Gasteiger partial charge in [0.15, 0.2) is 5.76 Å². The number of nitro benzene ring substituents is 1. The van der Waals surface area contributed by atoms with E-state index in [0.717, 1.165) is 12.0 Å². The lowest BCUT2D eigenvalue weighted by atomic mass is 9.97. The number of rotatable bonds is 10. The standard InChI is InChI=1S/C31H29N5O6/c1-20-13-14-24(33-30(37)26-12-7-17-35(26)19-22-10-5-6-11-25(22)36(40)41)23(18-20)28(21-8-3-2-4-9-21)34-29(31(38)39)27-15-16-32-42-27/h2-6,8-11,13-16,18,26,29H,7,12,17,19H2,1H3,(H,33,37)(H,38,39)/t26?,29-/m1/s1. The number of carbonyl (C=O) groups excluding carboxylic acids is 1. The van der Waals surface area contributed by atoms with Crippen LogP contribution >= 0.6 is 0 Å². The summed E-state index contributed by atoms with van der Waals surface area (Å²) in [5.74, 6) is -1.39. The number of hydrogen-bond donors (Lipinski definition) is 2. The van der Waals surface area contributed by atoms with E-state index in [1.54, 1.807) is 24.3 Å². The molecule has 2 heterocycles. The predicted octanol–water partition coefficient (Wildman–Crippen LogP) is 5.16. The number of anilines is 1. The molecule has 2 N–H and O–H groups in total. The van der Waals surface area contributed by atoms with E-state index in [1.165, 1.54) is 18.3 Å². The van der Waals surface area contributed by atoms with Gasteiger partial charge in [-0.2, -0.15) is 0 Å². The SMILES string of the molecule is Cc1ccc(NC(=O)C2CCCN2Cc2ccccc2[N+](=O)[O-])c(C(=N[C@@H](C(=O)O)c2ccno2)c2ccccc2)c1. The number of carboxylic acids is 1. The molecule has 1 aromatic heterocycles. The van der Waals surface area contributed by atoms with E-state index in [-0.39, 0.29) is 23.9 Å². The number of nitrogens with one attached hydrogen (secondary N) is 1. The molecule has 1 aliphatic heterocycles. The molecule has 11 nitrogen and oxygen atoms in total. The van der Waals surface area contributed by atoms with Gasteiger partial charge in [-0.1, -0.05) is 65.3 Å². The number of aliphatic carboxylic acids is 1. The molecular weight excluding hydrogens is 538 g/mol. The maximum Gasteiger partial charge on any atom is 0.336 e. The van der Waals surface area contributed by atoms with Crippen LogP contribution < -0.4 is 5.32 Å². The number of aryl methyl sites for hydroxylation is 1. The molecule has 2 atom stereocenters.